The summed E-state index contributed by atoms with van der Waals surface area (Å²) in [5.74, 6) is 2.06. The van der Waals surface area contributed by atoms with Crippen molar-refractivity contribution < 1.29 is 25.2 Å². The maximum Gasteiger partial charge on any atom is 2.00 e. The molecule has 0 aliphatic heterocycles. The first-order valence-corrected chi connectivity index (χ1v) is 15.2. The minimum atomic E-state index is 0. The number of fused-ring (bicyclic) bond motifs is 11. The first-order chi connectivity index (χ1) is 21.9. The number of para-hydroxylation sites is 3. The zero-order valence-corrected chi connectivity index (χ0v) is 27.0. The summed E-state index contributed by atoms with van der Waals surface area (Å²) in [5.41, 5.74) is 7.33. The minimum absolute atomic E-state index is 0. The molecule has 0 amide bonds. The van der Waals surface area contributed by atoms with Crippen LogP contribution in [-0.2, 0) is 25.8 Å². The number of rotatable bonds is 3. The van der Waals surface area contributed by atoms with E-state index in [1.807, 2.05) is 42.6 Å². The van der Waals surface area contributed by atoms with E-state index in [1.54, 1.807) is 0 Å². The van der Waals surface area contributed by atoms with Crippen molar-refractivity contribution in [2.75, 3.05) is 0 Å². The molecule has 0 bridgehead atoms. The molecule has 0 N–H and O–H groups in total. The van der Waals surface area contributed by atoms with Crippen molar-refractivity contribution in [3.63, 3.8) is 0 Å². The largest absolute Gasteiger partial charge is 2.00 e. The first kappa shape index (κ1) is 28.5. The molecule has 0 saturated heterocycles. The molecule has 5 aromatic carbocycles. The molecule has 4 aromatic heterocycles. The first-order valence-electron chi connectivity index (χ1n) is 15.2. The van der Waals surface area contributed by atoms with Gasteiger partial charge in [0.1, 0.15) is 5.82 Å². The predicted molar refractivity (Wildman–Crippen MR) is 183 cm³/mol. The van der Waals surface area contributed by atoms with E-state index in [0.29, 0.717) is 11.5 Å². The summed E-state index contributed by atoms with van der Waals surface area (Å²) in [5, 5.41) is 5.41. The van der Waals surface area contributed by atoms with Crippen LogP contribution in [0.3, 0.4) is 0 Å². The second-order valence-corrected chi connectivity index (χ2v) is 12.6. The second kappa shape index (κ2) is 10.5. The fraction of sp³-hybridized carbons (Fsp3) is 0.100. The molecule has 0 unspecified atom stereocenters. The SMILES string of the molecule is CC(C)(C)c1ccc2c3ccc(Oc4[c-]c5c(cc4)c4ccccc4n5-c4ccccn4)[c-]c3c3nc4ccccc4n3c2c1.[Pd+2]. The third kappa shape index (κ3) is 4.33. The van der Waals surface area contributed by atoms with E-state index in [1.165, 1.54) is 5.56 Å². The smallest absolute Gasteiger partial charge is 0.503 e. The Morgan fingerprint density at radius 2 is 1.35 bits per heavy atom. The molecule has 0 atom stereocenters. The monoisotopic (exact) mass is 686 g/mol. The van der Waals surface area contributed by atoms with Crippen molar-refractivity contribution in [3.05, 3.63) is 133 Å². The molecular weight excluding hydrogens is 659 g/mol. The van der Waals surface area contributed by atoms with E-state index in [-0.39, 0.29) is 25.8 Å². The Morgan fingerprint density at radius 3 is 2.15 bits per heavy atom. The van der Waals surface area contributed by atoms with Gasteiger partial charge in [0, 0.05) is 28.7 Å². The molecule has 5 nitrogen and oxygen atoms in total. The van der Waals surface area contributed by atoms with E-state index in [0.717, 1.165) is 66.0 Å². The Hall–Kier alpha value is -5.02. The fourth-order valence-electron chi connectivity index (χ4n) is 6.56. The van der Waals surface area contributed by atoms with Gasteiger partial charge in [0.05, 0.1) is 16.7 Å². The Bertz CT molecular complexity index is 2610. The van der Waals surface area contributed by atoms with E-state index in [9.17, 15) is 0 Å². The standard InChI is InChI=1S/C40H28N4O.Pd/c1-40(2,3)25-15-18-30-28-19-16-26(23-32(28)39-42-33-11-5-7-13-35(33)44(39)36(30)22-25)45-27-17-20-31-29-10-4-6-12-34(29)43(37(31)24-27)38-14-8-9-21-41-38;/h4-22H,1-3H3;/q-2;+2. The number of hydrogen-bond acceptors (Lipinski definition) is 3. The number of imidazole rings is 1. The molecule has 0 spiro atoms. The predicted octanol–water partition coefficient (Wildman–Crippen LogP) is 9.97. The van der Waals surface area contributed by atoms with Crippen molar-refractivity contribution >= 4 is 60.2 Å². The zero-order chi connectivity index (χ0) is 30.3. The number of hydrogen-bond donors (Lipinski definition) is 0. The average molecular weight is 687 g/mol. The van der Waals surface area contributed by atoms with E-state index in [4.69, 9.17) is 9.72 Å². The van der Waals surface area contributed by atoms with Gasteiger partial charge in [0.15, 0.2) is 0 Å². The summed E-state index contributed by atoms with van der Waals surface area (Å²) in [4.78, 5) is 9.75. The van der Waals surface area contributed by atoms with Crippen molar-refractivity contribution in [1.29, 1.82) is 0 Å². The molecule has 224 valence electrons. The van der Waals surface area contributed by atoms with Crippen LogP contribution in [0.2, 0.25) is 0 Å². The molecule has 9 rings (SSSR count). The van der Waals surface area contributed by atoms with Gasteiger partial charge in [0.25, 0.3) is 0 Å². The molecule has 6 heteroatoms. The summed E-state index contributed by atoms with van der Waals surface area (Å²) in [7, 11) is 0. The van der Waals surface area contributed by atoms with Crippen LogP contribution in [0.4, 0.5) is 0 Å². The van der Waals surface area contributed by atoms with Crippen LogP contribution in [-0.4, -0.2) is 18.9 Å². The van der Waals surface area contributed by atoms with Crippen LogP contribution in [0.25, 0.3) is 66.0 Å². The Labute approximate surface area is 279 Å². The Balaban J connectivity index is 0.00000312. The van der Waals surface area contributed by atoms with Crippen LogP contribution in [0.1, 0.15) is 26.3 Å². The number of pyridine rings is 2. The Morgan fingerprint density at radius 1 is 0.652 bits per heavy atom. The topological polar surface area (TPSA) is 44.3 Å². The van der Waals surface area contributed by atoms with Gasteiger partial charge < -0.3 is 13.7 Å². The molecule has 0 fully saturated rings. The summed E-state index contributed by atoms with van der Waals surface area (Å²) in [6.45, 7) is 6.75. The molecule has 0 aliphatic rings. The van der Waals surface area contributed by atoms with Crippen LogP contribution in [0, 0.1) is 12.1 Å². The van der Waals surface area contributed by atoms with Gasteiger partial charge in [-0.25, -0.2) is 4.98 Å². The van der Waals surface area contributed by atoms with Gasteiger partial charge in [-0.15, -0.1) is 29.7 Å². The zero-order valence-electron chi connectivity index (χ0n) is 25.5. The van der Waals surface area contributed by atoms with E-state index in [2.05, 4.69) is 120 Å². The maximum absolute atomic E-state index is 6.50. The molecule has 46 heavy (non-hydrogen) atoms. The number of benzene rings is 5. The molecule has 4 heterocycles. The maximum atomic E-state index is 6.50. The van der Waals surface area contributed by atoms with Crippen LogP contribution in [0.5, 0.6) is 11.5 Å². The number of aromatic nitrogens is 4. The van der Waals surface area contributed by atoms with Gasteiger partial charge in [0.2, 0.25) is 0 Å². The second-order valence-electron chi connectivity index (χ2n) is 12.6. The van der Waals surface area contributed by atoms with Gasteiger partial charge in [-0.05, 0) is 58.1 Å². The van der Waals surface area contributed by atoms with E-state index < -0.39 is 0 Å². The van der Waals surface area contributed by atoms with Crippen molar-refractivity contribution in [2.45, 2.75) is 26.2 Å². The van der Waals surface area contributed by atoms with Gasteiger partial charge in [-0.3, -0.25) is 4.98 Å². The summed E-state index contributed by atoms with van der Waals surface area (Å²) in [6.07, 6.45) is 1.81. The molecule has 9 aromatic rings. The van der Waals surface area contributed by atoms with Crippen molar-refractivity contribution in [3.8, 4) is 17.3 Å². The summed E-state index contributed by atoms with van der Waals surface area (Å²) >= 11 is 0. The molecule has 0 aliphatic carbocycles. The number of ether oxygens (including phenoxy) is 1. The van der Waals surface area contributed by atoms with Gasteiger partial charge in [-0.1, -0.05) is 91.7 Å². The van der Waals surface area contributed by atoms with Crippen LogP contribution >= 0.6 is 0 Å². The van der Waals surface area contributed by atoms with Crippen LogP contribution in [0.15, 0.2) is 115 Å². The third-order valence-electron chi connectivity index (χ3n) is 8.75. The molecule has 0 radical (unpaired) electrons. The minimum Gasteiger partial charge on any atom is -0.503 e. The van der Waals surface area contributed by atoms with Gasteiger partial charge in [-0.2, -0.15) is 6.07 Å². The number of nitrogens with zero attached hydrogens (tertiary/aromatic N) is 4. The summed E-state index contributed by atoms with van der Waals surface area (Å²) in [6, 6.07) is 44.7. The average Bonchev–Trinajstić information content (AvgIpc) is 3.61. The van der Waals surface area contributed by atoms with Crippen LogP contribution < -0.4 is 4.74 Å². The quantitative estimate of drug-likeness (QED) is 0.106. The Kier molecular flexibility index (Phi) is 6.51. The van der Waals surface area contributed by atoms with Gasteiger partial charge >= 0.3 is 20.4 Å². The van der Waals surface area contributed by atoms with Crippen molar-refractivity contribution in [2.24, 2.45) is 0 Å². The molecular formula is C40H28N4OPd. The summed E-state index contributed by atoms with van der Waals surface area (Å²) < 4.78 is 10.9. The third-order valence-corrected chi connectivity index (χ3v) is 8.75. The fourth-order valence-corrected chi connectivity index (χ4v) is 6.56. The normalized spacial score (nSPS) is 12.1. The van der Waals surface area contributed by atoms with Crippen molar-refractivity contribution in [1.82, 2.24) is 18.9 Å². The van der Waals surface area contributed by atoms with E-state index >= 15 is 0 Å². The molecule has 0 saturated carbocycles.